The molecule has 312 valence electrons. The Morgan fingerprint density at radius 1 is 0.862 bits per heavy atom. The van der Waals surface area contributed by atoms with Crippen molar-refractivity contribution in [2.24, 2.45) is 0 Å². The zero-order chi connectivity index (χ0) is 42.6. The molecule has 1 aliphatic carbocycles. The number of fused-ring (bicyclic) bond motifs is 1. The highest BCUT2D eigenvalue weighted by atomic mass is 32.2. The lowest BCUT2D eigenvalue weighted by Gasteiger charge is -2.29. The number of hydrogen-bond donors (Lipinski definition) is 4. The van der Waals surface area contributed by atoms with Gasteiger partial charge in [-0.3, -0.25) is 14.6 Å². The largest absolute Gasteiger partial charge is 0.479 e. The average molecular weight is 832 g/mol. The number of aliphatic hydroxyl groups excluding tert-OH is 2. The molecule has 1 amide bonds. The predicted octanol–water partition coefficient (Wildman–Crippen LogP) is 4.88. The van der Waals surface area contributed by atoms with Crippen LogP contribution in [0.4, 0.5) is 17.6 Å². The highest BCUT2D eigenvalue weighted by Crippen LogP contribution is 2.31. The van der Waals surface area contributed by atoms with E-state index in [-0.39, 0.29) is 30.4 Å². The van der Waals surface area contributed by atoms with Crippen molar-refractivity contribution in [3.63, 3.8) is 0 Å². The molecule has 2 heterocycles. The van der Waals surface area contributed by atoms with Crippen molar-refractivity contribution in [1.82, 2.24) is 24.3 Å². The zero-order valence-corrected chi connectivity index (χ0v) is 32.7. The Morgan fingerprint density at radius 2 is 1.47 bits per heavy atom. The van der Waals surface area contributed by atoms with Crippen LogP contribution in [0, 0.1) is 5.82 Å². The second-order valence-electron chi connectivity index (χ2n) is 13.4. The number of amides is 1. The lowest BCUT2D eigenvalue weighted by molar-refractivity contribution is -0.165. The van der Waals surface area contributed by atoms with Gasteiger partial charge in [0.15, 0.2) is 17.4 Å². The van der Waals surface area contributed by atoms with Gasteiger partial charge in [0.2, 0.25) is 5.91 Å². The third-order valence-electron chi connectivity index (χ3n) is 9.47. The summed E-state index contributed by atoms with van der Waals surface area (Å²) >= 11 is 1.36. The van der Waals surface area contributed by atoms with Crippen LogP contribution in [0.15, 0.2) is 76.8 Å². The minimum Gasteiger partial charge on any atom is -0.479 e. The van der Waals surface area contributed by atoms with E-state index in [4.69, 9.17) is 20.4 Å². The molecule has 2 aromatic carbocycles. The van der Waals surface area contributed by atoms with E-state index in [0.29, 0.717) is 53.7 Å². The lowest BCUT2D eigenvalue weighted by atomic mass is 9.97. The SMILES string of the molecule is CCN(CC)CCN(Cc1ccc(-c2ccc(C(F)(F)F)cc2)nc1)C(=O)Cn1c(SCc2ccc(F)cc2)nc(=O)c2c1CCCC2.O=C(O)C(O)C(O)C(=O)O. The van der Waals surface area contributed by atoms with Gasteiger partial charge in [-0.2, -0.15) is 18.2 Å². The number of likely N-dealkylation sites (N-methyl/N-ethyl adjacent to an activating group) is 1. The van der Waals surface area contributed by atoms with Crippen LogP contribution in [0.2, 0.25) is 0 Å². The normalized spacial score (nSPS) is 13.5. The highest BCUT2D eigenvalue weighted by molar-refractivity contribution is 7.98. The van der Waals surface area contributed by atoms with E-state index in [1.165, 1.54) is 36.0 Å². The number of aliphatic hydroxyl groups is 2. The minimum atomic E-state index is -4.41. The second-order valence-corrected chi connectivity index (χ2v) is 14.3. The van der Waals surface area contributed by atoms with Gasteiger partial charge in [-0.25, -0.2) is 14.0 Å². The first kappa shape index (κ1) is 45.5. The summed E-state index contributed by atoms with van der Waals surface area (Å²) in [5, 5.41) is 33.0. The van der Waals surface area contributed by atoms with Gasteiger partial charge in [0.1, 0.15) is 12.4 Å². The highest BCUT2D eigenvalue weighted by Gasteiger charge is 2.31. The molecule has 0 bridgehead atoms. The van der Waals surface area contributed by atoms with Crippen molar-refractivity contribution in [3.8, 4) is 11.3 Å². The molecular formula is C40H45F4N5O8S. The van der Waals surface area contributed by atoms with Crippen molar-refractivity contribution in [1.29, 1.82) is 0 Å². The van der Waals surface area contributed by atoms with Gasteiger partial charge in [0, 0.05) is 48.4 Å². The van der Waals surface area contributed by atoms with Gasteiger partial charge in [-0.15, -0.1) is 0 Å². The summed E-state index contributed by atoms with van der Waals surface area (Å²) in [5.74, 6) is -3.53. The average Bonchev–Trinajstić information content (AvgIpc) is 3.21. The number of alkyl halides is 3. The summed E-state index contributed by atoms with van der Waals surface area (Å²) in [7, 11) is 0. The van der Waals surface area contributed by atoms with Crippen LogP contribution in [0.3, 0.4) is 0 Å². The lowest BCUT2D eigenvalue weighted by Crippen LogP contribution is -2.41. The maximum atomic E-state index is 14.2. The summed E-state index contributed by atoms with van der Waals surface area (Å²) in [6.07, 6.45) is -4.18. The molecule has 2 aromatic heterocycles. The first-order valence-corrected chi connectivity index (χ1v) is 19.4. The predicted molar refractivity (Wildman–Crippen MR) is 206 cm³/mol. The molecule has 1 aliphatic rings. The van der Waals surface area contributed by atoms with Gasteiger partial charge < -0.3 is 34.8 Å². The van der Waals surface area contributed by atoms with Crippen LogP contribution >= 0.6 is 11.8 Å². The fourth-order valence-electron chi connectivity index (χ4n) is 6.09. The molecule has 0 radical (unpaired) electrons. The van der Waals surface area contributed by atoms with Crippen LogP contribution in [-0.2, 0) is 52.2 Å². The van der Waals surface area contributed by atoms with Crippen molar-refractivity contribution in [2.45, 2.75) is 81.9 Å². The number of hydrogen-bond acceptors (Lipinski definition) is 10. The van der Waals surface area contributed by atoms with E-state index in [2.05, 4.69) is 28.7 Å². The molecule has 0 spiro atoms. The standard InChI is InChI=1S/C36H39F4N5O2S.C4H6O6/c1-3-43(4-2)19-20-44(22-26-11-18-31(41-21-26)27-12-14-28(15-13-27)36(38,39)40)33(46)23-45-32-8-6-5-7-30(32)34(47)42-35(45)48-24-25-9-16-29(37)17-10-25;5-1(3(7)8)2(6)4(9)10/h9-18,21H,3-8,19-20,22-24H2,1-2H3;1-2,5-6H,(H,7,8)(H,9,10). The summed E-state index contributed by atoms with van der Waals surface area (Å²) in [5.41, 5.74) is 3.28. The third-order valence-corrected chi connectivity index (χ3v) is 10.5. The smallest absolute Gasteiger partial charge is 0.416 e. The fourth-order valence-corrected chi connectivity index (χ4v) is 7.05. The Morgan fingerprint density at radius 3 is 2.02 bits per heavy atom. The van der Waals surface area contributed by atoms with Gasteiger partial charge >= 0.3 is 18.1 Å². The molecule has 0 fully saturated rings. The molecule has 4 N–H and O–H groups in total. The Kier molecular flexibility index (Phi) is 16.5. The van der Waals surface area contributed by atoms with Crippen molar-refractivity contribution in [3.05, 3.63) is 111 Å². The number of nitrogens with zero attached hydrogens (tertiary/aromatic N) is 5. The van der Waals surface area contributed by atoms with Crippen LogP contribution in [0.5, 0.6) is 0 Å². The van der Waals surface area contributed by atoms with E-state index in [1.54, 1.807) is 29.3 Å². The number of rotatable bonds is 16. The molecule has 4 aromatic rings. The number of carbonyl (C=O) groups is 3. The summed E-state index contributed by atoms with van der Waals surface area (Å²) in [4.78, 5) is 59.7. The Hall–Kier alpha value is -5.17. The molecule has 2 unspecified atom stereocenters. The number of halogens is 4. The van der Waals surface area contributed by atoms with Gasteiger partial charge in [-0.05, 0) is 80.2 Å². The first-order valence-electron chi connectivity index (χ1n) is 18.5. The number of pyridine rings is 1. The Labute approximate surface area is 336 Å². The molecular weight excluding hydrogens is 787 g/mol. The van der Waals surface area contributed by atoms with Gasteiger partial charge in [-0.1, -0.05) is 55.9 Å². The number of carbonyl (C=O) groups excluding carboxylic acids is 1. The topological polar surface area (TPSA) is 186 Å². The van der Waals surface area contributed by atoms with Crippen LogP contribution < -0.4 is 5.56 Å². The fraction of sp³-hybridized carbons (Fsp3) is 0.400. The van der Waals surface area contributed by atoms with E-state index in [9.17, 15) is 36.7 Å². The summed E-state index contributed by atoms with van der Waals surface area (Å²) in [6.45, 7) is 7.25. The Balaban J connectivity index is 0.000000657. The van der Waals surface area contributed by atoms with Crippen LogP contribution in [0.1, 0.15) is 54.6 Å². The van der Waals surface area contributed by atoms with Crippen LogP contribution in [0.25, 0.3) is 11.3 Å². The summed E-state index contributed by atoms with van der Waals surface area (Å²) < 4.78 is 54.4. The first-order chi connectivity index (χ1) is 27.5. The van der Waals surface area contributed by atoms with Crippen molar-refractivity contribution >= 4 is 29.6 Å². The molecule has 0 saturated carbocycles. The second kappa shape index (κ2) is 21.0. The maximum Gasteiger partial charge on any atom is 0.416 e. The number of aromatic nitrogens is 3. The molecule has 0 saturated heterocycles. The third kappa shape index (κ3) is 12.7. The zero-order valence-electron chi connectivity index (χ0n) is 31.9. The molecule has 5 rings (SSSR count). The van der Waals surface area contributed by atoms with E-state index in [1.807, 2.05) is 10.6 Å². The Bertz CT molecular complexity index is 2040. The molecule has 13 nitrogen and oxygen atoms in total. The number of thioether (sulfide) groups is 1. The van der Waals surface area contributed by atoms with E-state index < -0.39 is 35.9 Å². The molecule has 18 heteroatoms. The number of aliphatic carboxylic acids is 2. The quantitative estimate of drug-likeness (QED) is 0.0683. The molecule has 2 atom stereocenters. The number of benzene rings is 2. The number of carboxylic acid groups (broad SMARTS) is 2. The molecule has 58 heavy (non-hydrogen) atoms. The monoisotopic (exact) mass is 831 g/mol. The van der Waals surface area contributed by atoms with Crippen LogP contribution in [-0.4, -0.2) is 101 Å². The number of carboxylic acids is 2. The minimum absolute atomic E-state index is 0.0106. The summed E-state index contributed by atoms with van der Waals surface area (Å²) in [6, 6.07) is 14.6. The van der Waals surface area contributed by atoms with Gasteiger partial charge in [0.05, 0.1) is 11.3 Å². The van der Waals surface area contributed by atoms with E-state index in [0.717, 1.165) is 54.9 Å². The van der Waals surface area contributed by atoms with Crippen molar-refractivity contribution in [2.75, 3.05) is 26.2 Å². The van der Waals surface area contributed by atoms with Crippen molar-refractivity contribution < 1.29 is 52.4 Å². The maximum absolute atomic E-state index is 14.2. The molecule has 0 aliphatic heterocycles. The van der Waals surface area contributed by atoms with E-state index >= 15 is 0 Å². The van der Waals surface area contributed by atoms with Gasteiger partial charge in [0.25, 0.3) is 5.56 Å².